The molecule has 2 aromatic carbocycles. The molecule has 0 bridgehead atoms. The minimum absolute atomic E-state index is 0.0892. The van der Waals surface area contributed by atoms with Gasteiger partial charge in [-0.15, -0.1) is 0 Å². The highest BCUT2D eigenvalue weighted by Crippen LogP contribution is 2.29. The molecule has 0 aliphatic heterocycles. The summed E-state index contributed by atoms with van der Waals surface area (Å²) in [7, 11) is 0. The Labute approximate surface area is 150 Å². The highest BCUT2D eigenvalue weighted by atomic mass is 16.5. The molecule has 3 nitrogen and oxygen atoms in total. The third kappa shape index (κ3) is 5.17. The maximum Gasteiger partial charge on any atom is 0.249 e. The molecule has 0 unspecified atom stereocenters. The lowest BCUT2D eigenvalue weighted by molar-refractivity contribution is -0.137. The maximum absolute atomic E-state index is 12.6. The van der Waals surface area contributed by atoms with Crippen LogP contribution in [-0.4, -0.2) is 23.5 Å². The van der Waals surface area contributed by atoms with Gasteiger partial charge < -0.3 is 9.64 Å². The van der Waals surface area contributed by atoms with E-state index < -0.39 is 0 Å². The summed E-state index contributed by atoms with van der Waals surface area (Å²) in [5.41, 5.74) is 3.62. The first-order chi connectivity index (χ1) is 12.1. The van der Waals surface area contributed by atoms with E-state index in [1.807, 2.05) is 35.2 Å². The number of hydrogen-bond donors (Lipinski definition) is 0. The molecule has 1 amide bonds. The van der Waals surface area contributed by atoms with Gasteiger partial charge in [-0.3, -0.25) is 4.79 Å². The van der Waals surface area contributed by atoms with E-state index in [0.717, 1.165) is 18.4 Å². The van der Waals surface area contributed by atoms with Crippen molar-refractivity contribution in [1.82, 2.24) is 4.90 Å². The van der Waals surface area contributed by atoms with Crippen molar-refractivity contribution < 1.29 is 9.53 Å². The van der Waals surface area contributed by atoms with Crippen molar-refractivity contribution in [1.29, 1.82) is 0 Å². The first kappa shape index (κ1) is 17.7. The van der Waals surface area contributed by atoms with E-state index in [9.17, 15) is 4.79 Å². The Morgan fingerprint density at radius 1 is 1.04 bits per heavy atom. The van der Waals surface area contributed by atoms with Crippen molar-refractivity contribution in [2.75, 3.05) is 6.61 Å². The van der Waals surface area contributed by atoms with Crippen LogP contribution < -0.4 is 0 Å². The van der Waals surface area contributed by atoms with E-state index in [2.05, 4.69) is 38.1 Å². The van der Waals surface area contributed by atoms with Gasteiger partial charge in [0.2, 0.25) is 5.91 Å². The zero-order valence-corrected chi connectivity index (χ0v) is 15.2. The van der Waals surface area contributed by atoms with E-state index in [4.69, 9.17) is 4.74 Å². The fourth-order valence-corrected chi connectivity index (χ4v) is 2.93. The number of rotatable bonds is 8. The van der Waals surface area contributed by atoms with Crippen molar-refractivity contribution in [3.63, 3.8) is 0 Å². The summed E-state index contributed by atoms with van der Waals surface area (Å²) >= 11 is 0. The quantitative estimate of drug-likeness (QED) is 0.709. The fraction of sp³-hybridized carbons (Fsp3) is 0.409. The Morgan fingerprint density at radius 3 is 2.32 bits per heavy atom. The third-order valence-corrected chi connectivity index (χ3v) is 4.64. The first-order valence-electron chi connectivity index (χ1n) is 9.13. The Hall–Kier alpha value is -2.13. The summed E-state index contributed by atoms with van der Waals surface area (Å²) in [4.78, 5) is 14.6. The molecule has 3 rings (SSSR count). The van der Waals surface area contributed by atoms with Gasteiger partial charge in [-0.25, -0.2) is 0 Å². The van der Waals surface area contributed by atoms with Crippen LogP contribution in [0.4, 0.5) is 0 Å². The molecule has 0 N–H and O–H groups in total. The summed E-state index contributed by atoms with van der Waals surface area (Å²) in [6.45, 7) is 5.69. The second-order valence-corrected chi connectivity index (χ2v) is 7.13. The van der Waals surface area contributed by atoms with Gasteiger partial charge in [0.15, 0.2) is 0 Å². The van der Waals surface area contributed by atoms with Crippen LogP contribution in [0.15, 0.2) is 54.6 Å². The Balaban J connectivity index is 1.54. The van der Waals surface area contributed by atoms with Crippen LogP contribution in [0.25, 0.3) is 0 Å². The summed E-state index contributed by atoms with van der Waals surface area (Å²) in [5.74, 6) is 0.618. The molecule has 132 valence electrons. The lowest BCUT2D eigenvalue weighted by atomic mass is 10.0. The van der Waals surface area contributed by atoms with Crippen LogP contribution in [0.2, 0.25) is 0 Å². The number of nitrogens with zero attached hydrogens (tertiary/aromatic N) is 1. The van der Waals surface area contributed by atoms with Gasteiger partial charge in [-0.1, -0.05) is 68.4 Å². The van der Waals surface area contributed by atoms with E-state index in [0.29, 0.717) is 25.1 Å². The first-order valence-corrected chi connectivity index (χ1v) is 9.13. The average Bonchev–Trinajstić information content (AvgIpc) is 3.46. The van der Waals surface area contributed by atoms with Gasteiger partial charge in [-0.05, 0) is 35.4 Å². The van der Waals surface area contributed by atoms with Crippen LogP contribution in [-0.2, 0) is 22.7 Å². The van der Waals surface area contributed by atoms with Crippen molar-refractivity contribution in [2.45, 2.75) is 51.8 Å². The second-order valence-electron chi connectivity index (χ2n) is 7.13. The molecule has 0 heterocycles. The minimum atomic E-state index is 0.0892. The summed E-state index contributed by atoms with van der Waals surface area (Å²) in [6.07, 6.45) is 2.21. The van der Waals surface area contributed by atoms with Gasteiger partial charge in [-0.2, -0.15) is 0 Å². The van der Waals surface area contributed by atoms with Crippen molar-refractivity contribution >= 4 is 5.91 Å². The molecule has 1 fully saturated rings. The van der Waals surface area contributed by atoms with Gasteiger partial charge >= 0.3 is 0 Å². The molecule has 2 aromatic rings. The van der Waals surface area contributed by atoms with Gasteiger partial charge in [0, 0.05) is 12.6 Å². The lowest BCUT2D eigenvalue weighted by Gasteiger charge is -2.23. The SMILES string of the molecule is CC(C)c1ccc(CN(C(=O)COCc2ccccc2)C2CC2)cc1. The van der Waals surface area contributed by atoms with Crippen LogP contribution in [0.3, 0.4) is 0 Å². The molecule has 1 saturated carbocycles. The van der Waals surface area contributed by atoms with E-state index in [1.54, 1.807) is 0 Å². The summed E-state index contributed by atoms with van der Waals surface area (Å²) in [5, 5.41) is 0. The molecule has 0 spiro atoms. The van der Waals surface area contributed by atoms with Gasteiger partial charge in [0.25, 0.3) is 0 Å². The van der Waals surface area contributed by atoms with E-state index >= 15 is 0 Å². The Morgan fingerprint density at radius 2 is 1.72 bits per heavy atom. The maximum atomic E-state index is 12.6. The zero-order chi connectivity index (χ0) is 17.6. The monoisotopic (exact) mass is 337 g/mol. The van der Waals surface area contributed by atoms with Crippen molar-refractivity contribution in [3.8, 4) is 0 Å². The molecule has 0 saturated heterocycles. The summed E-state index contributed by atoms with van der Waals surface area (Å²) in [6, 6.07) is 19.0. The number of benzene rings is 2. The van der Waals surface area contributed by atoms with Crippen LogP contribution in [0.1, 0.15) is 49.3 Å². The second kappa shape index (κ2) is 8.30. The number of amides is 1. The minimum Gasteiger partial charge on any atom is -0.367 e. The fourth-order valence-electron chi connectivity index (χ4n) is 2.93. The van der Waals surface area contributed by atoms with Crippen molar-refractivity contribution in [3.05, 3.63) is 71.3 Å². The smallest absolute Gasteiger partial charge is 0.249 e. The molecule has 0 radical (unpaired) electrons. The normalized spacial score (nSPS) is 13.9. The molecule has 0 aromatic heterocycles. The molecular formula is C22H27NO2. The van der Waals surface area contributed by atoms with Gasteiger partial charge in [0.1, 0.15) is 6.61 Å². The highest BCUT2D eigenvalue weighted by Gasteiger charge is 2.32. The Kier molecular flexibility index (Phi) is 5.87. The van der Waals surface area contributed by atoms with Crippen LogP contribution >= 0.6 is 0 Å². The molecule has 1 aliphatic carbocycles. The highest BCUT2D eigenvalue weighted by molar-refractivity contribution is 5.78. The number of carbonyl (C=O) groups excluding carboxylic acids is 1. The molecule has 1 aliphatic rings. The van der Waals surface area contributed by atoms with Crippen LogP contribution in [0.5, 0.6) is 0 Å². The van der Waals surface area contributed by atoms with E-state index in [-0.39, 0.29) is 12.5 Å². The summed E-state index contributed by atoms with van der Waals surface area (Å²) < 4.78 is 5.64. The third-order valence-electron chi connectivity index (χ3n) is 4.64. The van der Waals surface area contributed by atoms with E-state index in [1.165, 1.54) is 11.1 Å². The molecule has 3 heteroatoms. The largest absolute Gasteiger partial charge is 0.367 e. The zero-order valence-electron chi connectivity index (χ0n) is 15.2. The average molecular weight is 337 g/mol. The molecule has 0 atom stereocenters. The van der Waals surface area contributed by atoms with Crippen molar-refractivity contribution in [2.24, 2.45) is 0 Å². The number of carbonyl (C=O) groups is 1. The number of hydrogen-bond acceptors (Lipinski definition) is 2. The topological polar surface area (TPSA) is 29.5 Å². The lowest BCUT2D eigenvalue weighted by Crippen LogP contribution is -2.35. The predicted octanol–water partition coefficient (Wildman–Crippen LogP) is 4.52. The number of ether oxygens (including phenoxy) is 1. The van der Waals surface area contributed by atoms with Gasteiger partial charge in [0.05, 0.1) is 6.61 Å². The Bertz CT molecular complexity index is 675. The predicted molar refractivity (Wildman–Crippen MR) is 100 cm³/mol. The van der Waals surface area contributed by atoms with Crippen LogP contribution in [0, 0.1) is 0 Å². The molecular weight excluding hydrogens is 310 g/mol. The standard InChI is InChI=1S/C22H27NO2/c1-17(2)20-10-8-18(9-11-20)14-23(21-12-13-21)22(24)16-25-15-19-6-4-3-5-7-19/h3-11,17,21H,12-16H2,1-2H3. The molecule has 25 heavy (non-hydrogen) atoms.